The zero-order valence-electron chi connectivity index (χ0n) is 13.5. The number of benzene rings is 1. The smallest absolute Gasteiger partial charge is 0.219 e. The summed E-state index contributed by atoms with van der Waals surface area (Å²) in [7, 11) is 0. The van der Waals surface area contributed by atoms with Gasteiger partial charge in [0.25, 0.3) is 0 Å². The summed E-state index contributed by atoms with van der Waals surface area (Å²) >= 11 is 0. The van der Waals surface area contributed by atoms with Crippen molar-refractivity contribution < 1.29 is 4.74 Å². The minimum atomic E-state index is 0.305. The van der Waals surface area contributed by atoms with E-state index >= 15 is 0 Å². The van der Waals surface area contributed by atoms with Crippen LogP contribution >= 0.6 is 0 Å². The van der Waals surface area contributed by atoms with Crippen molar-refractivity contribution in [1.82, 2.24) is 10.3 Å². The third-order valence-corrected chi connectivity index (χ3v) is 3.85. The molecule has 0 aliphatic rings. The third-order valence-electron chi connectivity index (χ3n) is 3.85. The molecule has 1 heterocycles. The molecule has 0 aliphatic carbocycles. The topological polar surface area (TPSA) is 34.1 Å². The van der Waals surface area contributed by atoms with Gasteiger partial charge >= 0.3 is 0 Å². The van der Waals surface area contributed by atoms with Crippen molar-refractivity contribution in [3.63, 3.8) is 0 Å². The van der Waals surface area contributed by atoms with E-state index in [2.05, 4.69) is 63.1 Å². The van der Waals surface area contributed by atoms with Crippen LogP contribution in [0.4, 0.5) is 0 Å². The predicted molar refractivity (Wildman–Crippen MR) is 87.1 cm³/mol. The Morgan fingerprint density at radius 2 is 1.81 bits per heavy atom. The summed E-state index contributed by atoms with van der Waals surface area (Å²) < 4.78 is 5.98. The van der Waals surface area contributed by atoms with Crippen molar-refractivity contribution >= 4 is 0 Å². The second-order valence-corrected chi connectivity index (χ2v) is 5.46. The number of hydrogen-bond acceptors (Lipinski definition) is 3. The monoisotopic (exact) mass is 284 g/mol. The highest BCUT2D eigenvalue weighted by Gasteiger charge is 2.09. The van der Waals surface area contributed by atoms with Gasteiger partial charge in [-0.2, -0.15) is 0 Å². The molecule has 0 spiro atoms. The molecule has 0 saturated heterocycles. The van der Waals surface area contributed by atoms with Gasteiger partial charge in [0.2, 0.25) is 5.88 Å². The van der Waals surface area contributed by atoms with Crippen LogP contribution in [0.3, 0.4) is 0 Å². The third kappa shape index (κ3) is 3.61. The van der Waals surface area contributed by atoms with Crippen molar-refractivity contribution in [1.29, 1.82) is 0 Å². The number of ether oxygens (including phenoxy) is 1. The van der Waals surface area contributed by atoms with Crippen LogP contribution in [-0.4, -0.2) is 11.5 Å². The van der Waals surface area contributed by atoms with Crippen LogP contribution in [0.1, 0.15) is 42.1 Å². The first-order valence-electron chi connectivity index (χ1n) is 7.47. The Labute approximate surface area is 127 Å². The van der Waals surface area contributed by atoms with E-state index in [4.69, 9.17) is 4.74 Å². The van der Waals surface area contributed by atoms with E-state index in [-0.39, 0.29) is 0 Å². The minimum absolute atomic E-state index is 0.305. The minimum Gasteiger partial charge on any atom is -0.438 e. The fraction of sp³-hybridized carbons (Fsp3) is 0.389. The molecule has 3 nitrogen and oxygen atoms in total. The number of aromatic nitrogens is 1. The van der Waals surface area contributed by atoms with Crippen LogP contribution < -0.4 is 10.1 Å². The number of nitrogens with one attached hydrogen (secondary N) is 1. The zero-order chi connectivity index (χ0) is 15.4. The molecule has 0 aliphatic heterocycles. The summed E-state index contributed by atoms with van der Waals surface area (Å²) in [6.07, 6.45) is 1.88. The summed E-state index contributed by atoms with van der Waals surface area (Å²) in [5.41, 5.74) is 4.70. The number of nitrogens with zero attached hydrogens (tertiary/aromatic N) is 1. The first kappa shape index (κ1) is 15.5. The molecule has 2 rings (SSSR count). The van der Waals surface area contributed by atoms with Gasteiger partial charge in [0.1, 0.15) is 5.75 Å². The highest BCUT2D eigenvalue weighted by Crippen LogP contribution is 2.30. The fourth-order valence-corrected chi connectivity index (χ4v) is 2.32. The van der Waals surface area contributed by atoms with Gasteiger partial charge in [0.15, 0.2) is 0 Å². The molecule has 1 atom stereocenters. The summed E-state index contributed by atoms with van der Waals surface area (Å²) in [5.74, 6) is 1.55. The van der Waals surface area contributed by atoms with Crippen LogP contribution in [0, 0.1) is 20.8 Å². The van der Waals surface area contributed by atoms with E-state index in [1.807, 2.05) is 12.3 Å². The lowest BCUT2D eigenvalue weighted by Crippen LogP contribution is -2.17. The highest BCUT2D eigenvalue weighted by atomic mass is 16.5. The average molecular weight is 284 g/mol. The lowest BCUT2D eigenvalue weighted by atomic mass is 10.1. The summed E-state index contributed by atoms with van der Waals surface area (Å²) in [6, 6.07) is 8.50. The Balaban J connectivity index is 2.20. The molecule has 1 unspecified atom stereocenters. The molecule has 1 aromatic heterocycles. The number of hydrogen-bond donors (Lipinski definition) is 1. The van der Waals surface area contributed by atoms with E-state index in [1.165, 1.54) is 16.7 Å². The van der Waals surface area contributed by atoms with Crippen molar-refractivity contribution in [2.75, 3.05) is 6.54 Å². The van der Waals surface area contributed by atoms with E-state index in [1.54, 1.807) is 0 Å². The summed E-state index contributed by atoms with van der Waals surface area (Å²) in [5, 5.41) is 3.38. The van der Waals surface area contributed by atoms with Crippen LogP contribution in [-0.2, 0) is 0 Å². The fourth-order valence-electron chi connectivity index (χ4n) is 2.32. The molecule has 0 amide bonds. The molecule has 0 radical (unpaired) electrons. The Morgan fingerprint density at radius 1 is 1.10 bits per heavy atom. The molecule has 0 fully saturated rings. The number of pyridine rings is 1. The van der Waals surface area contributed by atoms with Gasteiger partial charge in [-0.3, -0.25) is 0 Å². The Bertz CT molecular complexity index is 605. The predicted octanol–water partition coefficient (Wildman–Crippen LogP) is 4.47. The van der Waals surface area contributed by atoms with Gasteiger partial charge in [0.05, 0.1) is 0 Å². The molecule has 3 heteroatoms. The van der Waals surface area contributed by atoms with Crippen LogP contribution in [0.25, 0.3) is 0 Å². The van der Waals surface area contributed by atoms with Gasteiger partial charge < -0.3 is 10.1 Å². The average Bonchev–Trinajstić information content (AvgIpc) is 2.48. The SMILES string of the molecule is CCNC(C)c1ccc(Oc2c(C)ccc(C)c2C)nc1. The van der Waals surface area contributed by atoms with Crippen molar-refractivity contribution in [3.05, 3.63) is 52.7 Å². The van der Waals surface area contributed by atoms with Crippen molar-refractivity contribution in [2.24, 2.45) is 0 Å². The molecule has 2 aromatic rings. The Kier molecular flexibility index (Phi) is 4.97. The van der Waals surface area contributed by atoms with E-state index < -0.39 is 0 Å². The molecule has 0 bridgehead atoms. The van der Waals surface area contributed by atoms with Crippen molar-refractivity contribution in [2.45, 2.75) is 40.7 Å². The van der Waals surface area contributed by atoms with E-state index in [0.29, 0.717) is 11.9 Å². The summed E-state index contributed by atoms with van der Waals surface area (Å²) in [6.45, 7) is 11.4. The second-order valence-electron chi connectivity index (χ2n) is 5.46. The lowest BCUT2D eigenvalue weighted by molar-refractivity contribution is 0.454. The van der Waals surface area contributed by atoms with E-state index in [9.17, 15) is 0 Å². The van der Waals surface area contributed by atoms with Gasteiger partial charge in [-0.1, -0.05) is 25.1 Å². The molecule has 112 valence electrons. The highest BCUT2D eigenvalue weighted by molar-refractivity contribution is 5.46. The molecule has 0 saturated carbocycles. The van der Waals surface area contributed by atoms with Crippen LogP contribution in [0.2, 0.25) is 0 Å². The lowest BCUT2D eigenvalue weighted by Gasteiger charge is -2.15. The number of aryl methyl sites for hydroxylation is 2. The first-order valence-corrected chi connectivity index (χ1v) is 7.47. The first-order chi connectivity index (χ1) is 10.0. The maximum Gasteiger partial charge on any atom is 0.219 e. The van der Waals surface area contributed by atoms with Crippen LogP contribution in [0.5, 0.6) is 11.6 Å². The molecular weight excluding hydrogens is 260 g/mol. The maximum absolute atomic E-state index is 5.98. The zero-order valence-corrected chi connectivity index (χ0v) is 13.5. The molecule has 1 N–H and O–H groups in total. The standard InChI is InChI=1S/C18H24N2O/c1-6-19-15(5)16-9-10-17(20-11-16)21-18-13(3)8-7-12(2)14(18)4/h7-11,15,19H,6H2,1-5H3. The number of rotatable bonds is 5. The van der Waals surface area contributed by atoms with Crippen LogP contribution in [0.15, 0.2) is 30.5 Å². The molecule has 1 aromatic carbocycles. The largest absolute Gasteiger partial charge is 0.438 e. The molecule has 21 heavy (non-hydrogen) atoms. The van der Waals surface area contributed by atoms with Gasteiger partial charge in [-0.15, -0.1) is 0 Å². The Hall–Kier alpha value is -1.87. The maximum atomic E-state index is 5.98. The van der Waals surface area contributed by atoms with Gasteiger partial charge in [-0.05, 0) is 56.5 Å². The quantitative estimate of drug-likeness (QED) is 0.879. The second kappa shape index (κ2) is 6.72. The Morgan fingerprint density at radius 3 is 2.43 bits per heavy atom. The van der Waals surface area contributed by atoms with E-state index in [0.717, 1.165) is 17.9 Å². The summed E-state index contributed by atoms with van der Waals surface area (Å²) in [4.78, 5) is 4.43. The molecular formula is C18H24N2O. The van der Waals surface area contributed by atoms with Gasteiger partial charge in [-0.25, -0.2) is 4.98 Å². The van der Waals surface area contributed by atoms with Crippen molar-refractivity contribution in [3.8, 4) is 11.6 Å². The normalized spacial score (nSPS) is 12.2. The van der Waals surface area contributed by atoms with Gasteiger partial charge in [0, 0.05) is 18.3 Å².